The fourth-order valence-electron chi connectivity index (χ4n) is 3.09. The molecule has 0 radical (unpaired) electrons. The molecule has 0 atom stereocenters. The van der Waals surface area contributed by atoms with Crippen molar-refractivity contribution in [2.45, 2.75) is 20.4 Å². The van der Waals surface area contributed by atoms with E-state index >= 15 is 0 Å². The monoisotopic (exact) mass is 490 g/mol. The SMILES string of the molecule is Cc1cc(N(CC(=O)NCc2ccccc2-n2ccnc2C)S(C)(=O)=O)ccc1Br. The number of benzene rings is 2. The van der Waals surface area contributed by atoms with E-state index in [1.807, 2.05) is 48.9 Å². The summed E-state index contributed by atoms with van der Waals surface area (Å²) in [7, 11) is -3.63. The van der Waals surface area contributed by atoms with Crippen LogP contribution >= 0.6 is 15.9 Å². The predicted octanol–water partition coefficient (Wildman–Crippen LogP) is 3.33. The van der Waals surface area contributed by atoms with Gasteiger partial charge in [0.25, 0.3) is 0 Å². The molecule has 1 aromatic heterocycles. The molecule has 1 N–H and O–H groups in total. The van der Waals surface area contributed by atoms with Crippen LogP contribution in [0, 0.1) is 13.8 Å². The Hall–Kier alpha value is -2.65. The number of anilines is 1. The van der Waals surface area contributed by atoms with E-state index in [1.54, 1.807) is 24.4 Å². The van der Waals surface area contributed by atoms with E-state index in [-0.39, 0.29) is 13.1 Å². The normalized spacial score (nSPS) is 11.3. The van der Waals surface area contributed by atoms with Crippen molar-refractivity contribution >= 4 is 37.5 Å². The molecule has 0 aliphatic carbocycles. The number of aryl methyl sites for hydroxylation is 2. The Morgan fingerprint density at radius 1 is 1.20 bits per heavy atom. The number of nitrogens with one attached hydrogen (secondary N) is 1. The van der Waals surface area contributed by atoms with Crippen LogP contribution in [0.1, 0.15) is 17.0 Å². The van der Waals surface area contributed by atoms with Crippen LogP contribution in [0.4, 0.5) is 5.69 Å². The number of imidazole rings is 1. The Labute approximate surface area is 184 Å². The van der Waals surface area contributed by atoms with Gasteiger partial charge in [-0.15, -0.1) is 0 Å². The molecule has 0 aliphatic rings. The van der Waals surface area contributed by atoms with Crippen molar-refractivity contribution in [3.8, 4) is 5.69 Å². The second-order valence-electron chi connectivity index (χ2n) is 6.95. The lowest BCUT2D eigenvalue weighted by Gasteiger charge is -2.22. The highest BCUT2D eigenvalue weighted by molar-refractivity contribution is 9.10. The standard InChI is InChI=1S/C21H23BrN4O3S/c1-15-12-18(8-9-19(15)22)26(30(3,28)29)14-21(27)24-13-17-6-4-5-7-20(17)25-11-10-23-16(25)2/h4-12H,13-14H2,1-3H3,(H,24,27). The van der Waals surface area contributed by atoms with Gasteiger partial charge in [0.2, 0.25) is 15.9 Å². The summed E-state index contributed by atoms with van der Waals surface area (Å²) in [5.41, 5.74) is 3.14. The first-order valence-electron chi connectivity index (χ1n) is 9.25. The highest BCUT2D eigenvalue weighted by Gasteiger charge is 2.21. The van der Waals surface area contributed by atoms with Crippen LogP contribution < -0.4 is 9.62 Å². The molecule has 0 bridgehead atoms. The van der Waals surface area contributed by atoms with Crippen LogP contribution in [0.5, 0.6) is 0 Å². The third-order valence-corrected chi connectivity index (χ3v) is 6.70. The van der Waals surface area contributed by atoms with E-state index < -0.39 is 15.9 Å². The molecular weight excluding hydrogens is 468 g/mol. The number of sulfonamides is 1. The van der Waals surface area contributed by atoms with Gasteiger partial charge in [-0.05, 0) is 49.2 Å². The van der Waals surface area contributed by atoms with Crippen molar-refractivity contribution in [1.82, 2.24) is 14.9 Å². The lowest BCUT2D eigenvalue weighted by molar-refractivity contribution is -0.119. The molecule has 3 aromatic rings. The molecular formula is C21H23BrN4O3S. The van der Waals surface area contributed by atoms with Crippen molar-refractivity contribution in [3.05, 3.63) is 76.3 Å². The maximum atomic E-state index is 12.6. The lowest BCUT2D eigenvalue weighted by Crippen LogP contribution is -2.40. The highest BCUT2D eigenvalue weighted by Crippen LogP contribution is 2.24. The van der Waals surface area contributed by atoms with Crippen LogP contribution in [0.15, 0.2) is 59.3 Å². The van der Waals surface area contributed by atoms with E-state index in [0.29, 0.717) is 5.69 Å². The first kappa shape index (κ1) is 22.0. The minimum atomic E-state index is -3.63. The lowest BCUT2D eigenvalue weighted by atomic mass is 10.1. The molecule has 7 nitrogen and oxygen atoms in total. The van der Waals surface area contributed by atoms with Crippen molar-refractivity contribution < 1.29 is 13.2 Å². The predicted molar refractivity (Wildman–Crippen MR) is 121 cm³/mol. The Morgan fingerprint density at radius 3 is 2.57 bits per heavy atom. The Bertz CT molecular complexity index is 1170. The zero-order chi connectivity index (χ0) is 21.9. The number of carbonyl (C=O) groups excluding carboxylic acids is 1. The van der Waals surface area contributed by atoms with Crippen LogP contribution in [-0.2, 0) is 21.4 Å². The molecule has 0 unspecified atom stereocenters. The minimum absolute atomic E-state index is 0.267. The summed E-state index contributed by atoms with van der Waals surface area (Å²) in [6, 6.07) is 12.8. The van der Waals surface area contributed by atoms with Crippen molar-refractivity contribution in [1.29, 1.82) is 0 Å². The van der Waals surface area contributed by atoms with Gasteiger partial charge in [-0.2, -0.15) is 0 Å². The summed E-state index contributed by atoms with van der Waals surface area (Å²) >= 11 is 3.40. The number of para-hydroxylation sites is 1. The zero-order valence-electron chi connectivity index (χ0n) is 17.0. The minimum Gasteiger partial charge on any atom is -0.350 e. The largest absolute Gasteiger partial charge is 0.350 e. The van der Waals surface area contributed by atoms with Gasteiger partial charge in [0.05, 0.1) is 17.6 Å². The summed E-state index contributed by atoms with van der Waals surface area (Å²) in [6.45, 7) is 3.73. The maximum Gasteiger partial charge on any atom is 0.241 e. The van der Waals surface area contributed by atoms with Crippen LogP contribution in [0.25, 0.3) is 5.69 Å². The molecule has 1 heterocycles. The molecule has 2 aromatic carbocycles. The molecule has 3 rings (SSSR count). The number of carbonyl (C=O) groups is 1. The fraction of sp³-hybridized carbons (Fsp3) is 0.238. The summed E-state index contributed by atoms with van der Waals surface area (Å²) in [4.78, 5) is 16.9. The average molecular weight is 491 g/mol. The molecule has 0 spiro atoms. The summed E-state index contributed by atoms with van der Waals surface area (Å²) in [5.74, 6) is 0.445. The number of aromatic nitrogens is 2. The van der Waals surface area contributed by atoms with Gasteiger partial charge >= 0.3 is 0 Å². The third kappa shape index (κ3) is 5.09. The van der Waals surface area contributed by atoms with Crippen LogP contribution in [0.3, 0.4) is 0 Å². The molecule has 0 saturated carbocycles. The zero-order valence-corrected chi connectivity index (χ0v) is 19.4. The van der Waals surface area contributed by atoms with Gasteiger partial charge in [-0.1, -0.05) is 34.1 Å². The second-order valence-corrected chi connectivity index (χ2v) is 9.71. The summed E-state index contributed by atoms with van der Waals surface area (Å²) in [5, 5.41) is 2.83. The number of halogens is 1. The summed E-state index contributed by atoms with van der Waals surface area (Å²) < 4.78 is 28.5. The number of hydrogen-bond acceptors (Lipinski definition) is 4. The second kappa shape index (κ2) is 9.01. The fourth-order valence-corrected chi connectivity index (χ4v) is 4.19. The van der Waals surface area contributed by atoms with Gasteiger partial charge in [0.15, 0.2) is 0 Å². The smallest absolute Gasteiger partial charge is 0.241 e. The first-order valence-corrected chi connectivity index (χ1v) is 11.9. The molecule has 0 aliphatic heterocycles. The molecule has 30 heavy (non-hydrogen) atoms. The van der Waals surface area contributed by atoms with Crippen LogP contribution in [0.2, 0.25) is 0 Å². The highest BCUT2D eigenvalue weighted by atomic mass is 79.9. The maximum absolute atomic E-state index is 12.6. The van der Waals surface area contributed by atoms with Gasteiger partial charge in [-0.3, -0.25) is 9.10 Å². The Kier molecular flexibility index (Phi) is 6.62. The topological polar surface area (TPSA) is 84.3 Å². The first-order chi connectivity index (χ1) is 14.2. The van der Waals surface area contributed by atoms with E-state index in [0.717, 1.165) is 37.7 Å². The number of hydrogen-bond donors (Lipinski definition) is 1. The van der Waals surface area contributed by atoms with Crippen molar-refractivity contribution in [2.75, 3.05) is 17.1 Å². The van der Waals surface area contributed by atoms with Gasteiger partial charge in [0, 0.05) is 23.4 Å². The molecule has 158 valence electrons. The quantitative estimate of drug-likeness (QED) is 0.550. The van der Waals surface area contributed by atoms with E-state index in [1.165, 1.54) is 0 Å². The number of rotatable bonds is 7. The van der Waals surface area contributed by atoms with E-state index in [2.05, 4.69) is 26.2 Å². The number of nitrogens with zero attached hydrogens (tertiary/aromatic N) is 3. The van der Waals surface area contributed by atoms with E-state index in [9.17, 15) is 13.2 Å². The van der Waals surface area contributed by atoms with Crippen LogP contribution in [-0.4, -0.2) is 36.7 Å². The van der Waals surface area contributed by atoms with Gasteiger partial charge < -0.3 is 9.88 Å². The molecule has 0 fully saturated rings. The molecule has 9 heteroatoms. The molecule has 0 saturated heterocycles. The Morgan fingerprint density at radius 2 is 1.93 bits per heavy atom. The van der Waals surface area contributed by atoms with Crippen molar-refractivity contribution in [3.63, 3.8) is 0 Å². The van der Waals surface area contributed by atoms with Crippen molar-refractivity contribution in [2.24, 2.45) is 0 Å². The van der Waals surface area contributed by atoms with E-state index in [4.69, 9.17) is 0 Å². The third-order valence-electron chi connectivity index (χ3n) is 4.67. The molecule has 1 amide bonds. The van der Waals surface area contributed by atoms with Gasteiger partial charge in [0.1, 0.15) is 12.4 Å². The average Bonchev–Trinajstić information content (AvgIpc) is 3.12. The number of amides is 1. The van der Waals surface area contributed by atoms with Gasteiger partial charge in [-0.25, -0.2) is 13.4 Å². The summed E-state index contributed by atoms with van der Waals surface area (Å²) in [6.07, 6.45) is 4.67. The Balaban J connectivity index is 1.76.